The van der Waals surface area contributed by atoms with Crippen LogP contribution < -0.4 is 5.43 Å². The Bertz CT molecular complexity index is 1030. The maximum absolute atomic E-state index is 13.0. The highest BCUT2D eigenvalue weighted by Crippen LogP contribution is 2.58. The first-order valence-corrected chi connectivity index (χ1v) is 10.2. The molecule has 1 aliphatic rings. The van der Waals surface area contributed by atoms with Gasteiger partial charge in [0.15, 0.2) is 0 Å². The van der Waals surface area contributed by atoms with Gasteiger partial charge in [-0.25, -0.2) is 5.43 Å². The van der Waals surface area contributed by atoms with E-state index in [4.69, 9.17) is 23.2 Å². The Balaban J connectivity index is 1.56. The van der Waals surface area contributed by atoms with Gasteiger partial charge < -0.3 is 0 Å². The molecule has 1 unspecified atom stereocenters. The van der Waals surface area contributed by atoms with E-state index in [9.17, 15) is 4.79 Å². The van der Waals surface area contributed by atoms with Crippen LogP contribution in [0, 0.1) is 5.92 Å². The van der Waals surface area contributed by atoms with Crippen molar-refractivity contribution in [2.45, 2.75) is 18.8 Å². The maximum Gasteiger partial charge on any atom is 0.244 e. The summed E-state index contributed by atoms with van der Waals surface area (Å²) in [7, 11) is 0. The summed E-state index contributed by atoms with van der Waals surface area (Å²) >= 11 is 12.0. The zero-order valence-corrected chi connectivity index (χ0v) is 17.4. The largest absolute Gasteiger partial charge is 0.273 e. The summed E-state index contributed by atoms with van der Waals surface area (Å²) in [4.78, 5) is 13.0. The van der Waals surface area contributed by atoms with Gasteiger partial charge in [-0.3, -0.25) is 4.79 Å². The van der Waals surface area contributed by atoms with Crippen LogP contribution in [-0.4, -0.2) is 11.6 Å². The molecule has 3 aromatic rings. The molecule has 29 heavy (non-hydrogen) atoms. The average molecular weight is 423 g/mol. The SMILES string of the molecule is C/C(=N/NC(=O)C1CC1(c1ccccc1)c1ccccc1)c1ccc(Cl)c(Cl)c1. The van der Waals surface area contributed by atoms with E-state index in [1.54, 1.807) is 12.1 Å². The number of carbonyl (C=O) groups excluding carboxylic acids is 1. The van der Waals surface area contributed by atoms with Crippen LogP contribution in [0.15, 0.2) is 84.0 Å². The molecule has 0 heterocycles. The van der Waals surface area contributed by atoms with Gasteiger partial charge in [0.2, 0.25) is 5.91 Å². The Morgan fingerprint density at radius 2 is 1.52 bits per heavy atom. The summed E-state index contributed by atoms with van der Waals surface area (Å²) in [6, 6.07) is 25.7. The van der Waals surface area contributed by atoms with Crippen molar-refractivity contribution in [3.63, 3.8) is 0 Å². The van der Waals surface area contributed by atoms with Gasteiger partial charge in [-0.2, -0.15) is 5.10 Å². The van der Waals surface area contributed by atoms with E-state index in [0.29, 0.717) is 15.8 Å². The molecule has 4 rings (SSSR count). The van der Waals surface area contributed by atoms with Crippen LogP contribution in [0.1, 0.15) is 30.0 Å². The number of rotatable bonds is 5. The molecule has 1 fully saturated rings. The first-order chi connectivity index (χ1) is 14.0. The lowest BCUT2D eigenvalue weighted by atomic mass is 9.85. The molecule has 1 saturated carbocycles. The van der Waals surface area contributed by atoms with Crippen molar-refractivity contribution in [1.29, 1.82) is 0 Å². The lowest BCUT2D eigenvalue weighted by Gasteiger charge is -2.18. The van der Waals surface area contributed by atoms with Gasteiger partial charge in [-0.15, -0.1) is 0 Å². The topological polar surface area (TPSA) is 41.5 Å². The van der Waals surface area contributed by atoms with Crippen molar-refractivity contribution in [2.24, 2.45) is 11.0 Å². The number of benzene rings is 3. The number of hydrazone groups is 1. The minimum atomic E-state index is -0.306. The van der Waals surface area contributed by atoms with Crippen LogP contribution in [0.25, 0.3) is 0 Å². The first-order valence-electron chi connectivity index (χ1n) is 9.43. The van der Waals surface area contributed by atoms with Gasteiger partial charge in [0.1, 0.15) is 0 Å². The van der Waals surface area contributed by atoms with E-state index >= 15 is 0 Å². The third-order valence-electron chi connectivity index (χ3n) is 5.53. The Morgan fingerprint density at radius 3 is 2.07 bits per heavy atom. The minimum Gasteiger partial charge on any atom is -0.273 e. The molecule has 1 amide bonds. The Morgan fingerprint density at radius 1 is 0.931 bits per heavy atom. The van der Waals surface area contributed by atoms with Crippen LogP contribution in [-0.2, 0) is 10.2 Å². The zero-order valence-electron chi connectivity index (χ0n) is 15.9. The molecule has 0 radical (unpaired) electrons. The molecular weight excluding hydrogens is 403 g/mol. The number of nitrogens with one attached hydrogen (secondary N) is 1. The molecule has 5 heteroatoms. The smallest absolute Gasteiger partial charge is 0.244 e. The predicted molar refractivity (Wildman–Crippen MR) is 119 cm³/mol. The lowest BCUT2D eigenvalue weighted by Crippen LogP contribution is -2.26. The molecule has 1 atom stereocenters. The molecule has 1 N–H and O–H groups in total. The quantitative estimate of drug-likeness (QED) is 0.407. The second-order valence-electron chi connectivity index (χ2n) is 7.26. The highest BCUT2D eigenvalue weighted by Gasteiger charge is 2.60. The van der Waals surface area contributed by atoms with E-state index in [1.807, 2.05) is 49.4 Å². The second kappa shape index (κ2) is 8.02. The third kappa shape index (κ3) is 3.81. The fraction of sp³-hybridized carbons (Fsp3) is 0.167. The monoisotopic (exact) mass is 422 g/mol. The summed E-state index contributed by atoms with van der Waals surface area (Å²) < 4.78 is 0. The zero-order chi connectivity index (χ0) is 20.4. The van der Waals surface area contributed by atoms with Gasteiger partial charge in [-0.05, 0) is 42.2 Å². The van der Waals surface area contributed by atoms with E-state index in [0.717, 1.165) is 23.1 Å². The van der Waals surface area contributed by atoms with E-state index in [-0.39, 0.29) is 17.2 Å². The normalized spacial score (nSPS) is 17.6. The lowest BCUT2D eigenvalue weighted by molar-refractivity contribution is -0.122. The fourth-order valence-electron chi connectivity index (χ4n) is 3.86. The van der Waals surface area contributed by atoms with E-state index in [2.05, 4.69) is 34.8 Å². The molecule has 0 bridgehead atoms. The van der Waals surface area contributed by atoms with Crippen molar-refractivity contribution < 1.29 is 4.79 Å². The molecule has 0 spiro atoms. The first kappa shape index (κ1) is 19.7. The van der Waals surface area contributed by atoms with Gasteiger partial charge >= 0.3 is 0 Å². The molecule has 0 saturated heterocycles. The number of carbonyl (C=O) groups is 1. The van der Waals surface area contributed by atoms with Gasteiger partial charge in [0, 0.05) is 5.41 Å². The number of hydrogen-bond acceptors (Lipinski definition) is 2. The van der Waals surface area contributed by atoms with Crippen LogP contribution in [0.3, 0.4) is 0 Å². The maximum atomic E-state index is 13.0. The predicted octanol–water partition coefficient (Wildman–Crippen LogP) is 5.84. The summed E-state index contributed by atoms with van der Waals surface area (Å²) in [5.41, 5.74) is 6.22. The third-order valence-corrected chi connectivity index (χ3v) is 6.27. The molecule has 0 aromatic heterocycles. The molecule has 0 aliphatic heterocycles. The van der Waals surface area contributed by atoms with Crippen LogP contribution in [0.4, 0.5) is 0 Å². The standard InChI is InChI=1S/C24H20Cl2N2O/c1-16(17-12-13-21(25)22(26)14-17)27-28-23(29)20-15-24(20,18-8-4-2-5-9-18)19-10-6-3-7-11-19/h2-14,20H,15H2,1H3,(H,28,29)/b27-16-. The summed E-state index contributed by atoms with van der Waals surface area (Å²) in [6.07, 6.45) is 0.758. The molecule has 3 aromatic carbocycles. The Labute approximate surface area is 180 Å². The van der Waals surface area contributed by atoms with Crippen LogP contribution >= 0.6 is 23.2 Å². The van der Waals surface area contributed by atoms with Crippen LogP contribution in [0.2, 0.25) is 10.0 Å². The number of amides is 1. The Kier molecular flexibility index (Phi) is 5.44. The van der Waals surface area contributed by atoms with Crippen molar-refractivity contribution in [2.75, 3.05) is 0 Å². The summed E-state index contributed by atoms with van der Waals surface area (Å²) in [5.74, 6) is -0.255. The second-order valence-corrected chi connectivity index (χ2v) is 8.08. The van der Waals surface area contributed by atoms with E-state index < -0.39 is 0 Å². The average Bonchev–Trinajstić information content (AvgIpc) is 3.52. The molecule has 3 nitrogen and oxygen atoms in total. The summed E-state index contributed by atoms with van der Waals surface area (Å²) in [6.45, 7) is 1.83. The Hall–Kier alpha value is -2.62. The van der Waals surface area contributed by atoms with Gasteiger partial charge in [0.05, 0.1) is 21.7 Å². The van der Waals surface area contributed by atoms with Gasteiger partial charge in [0.25, 0.3) is 0 Å². The minimum absolute atomic E-state index is 0.0860. The highest BCUT2D eigenvalue weighted by molar-refractivity contribution is 6.42. The highest BCUT2D eigenvalue weighted by atomic mass is 35.5. The molecular formula is C24H20Cl2N2O. The van der Waals surface area contributed by atoms with Gasteiger partial charge in [-0.1, -0.05) is 89.9 Å². The summed E-state index contributed by atoms with van der Waals surface area (Å²) in [5, 5.41) is 5.24. The van der Waals surface area contributed by atoms with Crippen molar-refractivity contribution in [3.05, 3.63) is 106 Å². The number of nitrogens with zero attached hydrogens (tertiary/aromatic N) is 1. The number of hydrogen-bond donors (Lipinski definition) is 1. The van der Waals surface area contributed by atoms with E-state index in [1.165, 1.54) is 0 Å². The van der Waals surface area contributed by atoms with Crippen molar-refractivity contribution in [3.8, 4) is 0 Å². The molecule has 1 aliphatic carbocycles. The molecule has 146 valence electrons. The van der Waals surface area contributed by atoms with Crippen molar-refractivity contribution >= 4 is 34.8 Å². The fourth-order valence-corrected chi connectivity index (χ4v) is 4.16. The van der Waals surface area contributed by atoms with Crippen molar-refractivity contribution in [1.82, 2.24) is 5.43 Å². The number of halogens is 2. The van der Waals surface area contributed by atoms with Crippen LogP contribution in [0.5, 0.6) is 0 Å².